The largest absolute Gasteiger partial charge is 0.207 e. The SMILES string of the molecule is CC.CC1c2cccc(F)c2CCc2c(F)cccc21. The Bertz CT molecular complexity index is 549. The molecule has 0 spiro atoms. The third kappa shape index (κ3) is 2.47. The lowest BCUT2D eigenvalue weighted by Crippen LogP contribution is -2.01. The van der Waals surface area contributed by atoms with Crippen molar-refractivity contribution in [2.45, 2.75) is 39.5 Å². The summed E-state index contributed by atoms with van der Waals surface area (Å²) in [6, 6.07) is 10.3. The zero-order chi connectivity index (χ0) is 14.7. The van der Waals surface area contributed by atoms with Crippen LogP contribution in [0, 0.1) is 11.6 Å². The maximum atomic E-state index is 13.9. The molecule has 0 radical (unpaired) electrons. The summed E-state index contributed by atoms with van der Waals surface area (Å²) in [6.45, 7) is 6.02. The van der Waals surface area contributed by atoms with Gasteiger partial charge in [-0.1, -0.05) is 45.0 Å². The highest BCUT2D eigenvalue weighted by molar-refractivity contribution is 5.45. The molecule has 0 saturated carbocycles. The minimum Gasteiger partial charge on any atom is -0.207 e. The lowest BCUT2D eigenvalue weighted by atomic mass is 9.89. The summed E-state index contributed by atoms with van der Waals surface area (Å²) in [5.41, 5.74) is 3.44. The van der Waals surface area contributed by atoms with Gasteiger partial charge in [-0.3, -0.25) is 0 Å². The molecule has 2 aromatic carbocycles. The van der Waals surface area contributed by atoms with Gasteiger partial charge in [-0.05, 0) is 47.2 Å². The van der Waals surface area contributed by atoms with Crippen LogP contribution in [0.4, 0.5) is 8.78 Å². The van der Waals surface area contributed by atoms with E-state index in [0.29, 0.717) is 12.8 Å². The zero-order valence-electron chi connectivity index (χ0n) is 12.2. The predicted molar refractivity (Wildman–Crippen MR) is 79.1 cm³/mol. The molecule has 0 amide bonds. The number of benzene rings is 2. The summed E-state index contributed by atoms with van der Waals surface area (Å²) < 4.78 is 27.7. The highest BCUT2D eigenvalue weighted by Crippen LogP contribution is 2.35. The molecule has 1 aliphatic carbocycles. The van der Waals surface area contributed by atoms with Crippen molar-refractivity contribution in [3.05, 3.63) is 70.3 Å². The van der Waals surface area contributed by atoms with E-state index in [1.165, 1.54) is 12.1 Å². The van der Waals surface area contributed by atoms with Gasteiger partial charge < -0.3 is 0 Å². The molecule has 0 nitrogen and oxygen atoms in total. The number of hydrogen-bond donors (Lipinski definition) is 0. The predicted octanol–water partition coefficient (Wildman–Crippen LogP) is 5.24. The summed E-state index contributed by atoms with van der Waals surface area (Å²) in [5.74, 6) is -0.302. The summed E-state index contributed by atoms with van der Waals surface area (Å²) in [5, 5.41) is 0. The molecule has 106 valence electrons. The number of hydrogen-bond acceptors (Lipinski definition) is 0. The molecule has 0 aliphatic heterocycles. The Morgan fingerprint density at radius 1 is 0.800 bits per heavy atom. The fraction of sp³-hybridized carbons (Fsp3) is 0.333. The van der Waals surface area contributed by atoms with Crippen molar-refractivity contribution < 1.29 is 8.78 Å². The normalized spacial score (nSPS) is 13.7. The Balaban J connectivity index is 0.000000704. The molecule has 0 bridgehead atoms. The van der Waals surface area contributed by atoms with Gasteiger partial charge in [0.05, 0.1) is 0 Å². The van der Waals surface area contributed by atoms with Crippen molar-refractivity contribution in [1.82, 2.24) is 0 Å². The Hall–Kier alpha value is -1.70. The fourth-order valence-corrected chi connectivity index (χ4v) is 2.91. The number of fused-ring (bicyclic) bond motifs is 2. The van der Waals surface area contributed by atoms with Gasteiger partial charge in [-0.25, -0.2) is 8.78 Å². The van der Waals surface area contributed by atoms with Gasteiger partial charge in [0.25, 0.3) is 0 Å². The molecule has 0 fully saturated rings. The Kier molecular flexibility index (Phi) is 4.53. The fourth-order valence-electron chi connectivity index (χ4n) is 2.91. The van der Waals surface area contributed by atoms with E-state index in [2.05, 4.69) is 0 Å². The van der Waals surface area contributed by atoms with Crippen LogP contribution in [-0.2, 0) is 12.8 Å². The van der Waals surface area contributed by atoms with Gasteiger partial charge in [0.15, 0.2) is 0 Å². The van der Waals surface area contributed by atoms with E-state index in [-0.39, 0.29) is 17.6 Å². The van der Waals surface area contributed by atoms with Crippen LogP contribution in [0.3, 0.4) is 0 Å². The van der Waals surface area contributed by atoms with E-state index in [9.17, 15) is 8.78 Å². The Morgan fingerprint density at radius 2 is 1.20 bits per heavy atom. The first-order valence-corrected chi connectivity index (χ1v) is 7.23. The van der Waals surface area contributed by atoms with Crippen molar-refractivity contribution in [3.63, 3.8) is 0 Å². The van der Waals surface area contributed by atoms with E-state index in [1.54, 1.807) is 12.1 Å². The second-order valence-electron chi connectivity index (χ2n) is 4.84. The number of rotatable bonds is 0. The summed E-state index contributed by atoms with van der Waals surface area (Å²) >= 11 is 0. The monoisotopic (exact) mass is 274 g/mol. The molecule has 2 aromatic rings. The van der Waals surface area contributed by atoms with E-state index in [1.807, 2.05) is 32.9 Å². The van der Waals surface area contributed by atoms with E-state index < -0.39 is 0 Å². The molecular weight excluding hydrogens is 254 g/mol. The third-order valence-electron chi connectivity index (χ3n) is 3.87. The average molecular weight is 274 g/mol. The van der Waals surface area contributed by atoms with Gasteiger partial charge in [0.1, 0.15) is 11.6 Å². The second kappa shape index (κ2) is 6.17. The van der Waals surface area contributed by atoms with Gasteiger partial charge >= 0.3 is 0 Å². The van der Waals surface area contributed by atoms with Gasteiger partial charge in [-0.15, -0.1) is 0 Å². The minimum atomic E-state index is -0.174. The van der Waals surface area contributed by atoms with Crippen LogP contribution < -0.4 is 0 Å². The average Bonchev–Trinajstić information content (AvgIpc) is 2.62. The Morgan fingerprint density at radius 3 is 1.60 bits per heavy atom. The van der Waals surface area contributed by atoms with E-state index >= 15 is 0 Å². The van der Waals surface area contributed by atoms with Crippen molar-refractivity contribution in [1.29, 1.82) is 0 Å². The van der Waals surface area contributed by atoms with Gasteiger partial charge in [-0.2, -0.15) is 0 Å². The van der Waals surface area contributed by atoms with Crippen LogP contribution in [-0.4, -0.2) is 0 Å². The van der Waals surface area contributed by atoms with Crippen LogP contribution >= 0.6 is 0 Å². The van der Waals surface area contributed by atoms with Crippen molar-refractivity contribution in [3.8, 4) is 0 Å². The zero-order valence-corrected chi connectivity index (χ0v) is 12.2. The van der Waals surface area contributed by atoms with Crippen molar-refractivity contribution in [2.75, 3.05) is 0 Å². The molecule has 20 heavy (non-hydrogen) atoms. The molecule has 0 atom stereocenters. The third-order valence-corrected chi connectivity index (χ3v) is 3.87. The first kappa shape index (κ1) is 14.7. The molecule has 0 heterocycles. The lowest BCUT2D eigenvalue weighted by molar-refractivity contribution is 0.596. The molecule has 0 N–H and O–H groups in total. The summed E-state index contributed by atoms with van der Waals surface area (Å²) in [4.78, 5) is 0. The van der Waals surface area contributed by atoms with Gasteiger partial charge in [0, 0.05) is 5.92 Å². The Labute approximate surface area is 119 Å². The van der Waals surface area contributed by atoms with Crippen molar-refractivity contribution >= 4 is 0 Å². The van der Waals surface area contributed by atoms with Gasteiger partial charge in [0.2, 0.25) is 0 Å². The first-order chi connectivity index (χ1) is 9.68. The van der Waals surface area contributed by atoms with Crippen LogP contribution in [0.1, 0.15) is 48.9 Å². The second-order valence-corrected chi connectivity index (χ2v) is 4.84. The van der Waals surface area contributed by atoms with Crippen LogP contribution in [0.2, 0.25) is 0 Å². The topological polar surface area (TPSA) is 0 Å². The van der Waals surface area contributed by atoms with Crippen molar-refractivity contribution in [2.24, 2.45) is 0 Å². The first-order valence-electron chi connectivity index (χ1n) is 7.23. The molecule has 3 rings (SSSR count). The summed E-state index contributed by atoms with van der Waals surface area (Å²) in [7, 11) is 0. The number of halogens is 2. The molecule has 0 unspecified atom stereocenters. The summed E-state index contributed by atoms with van der Waals surface area (Å²) in [6.07, 6.45) is 1.14. The lowest BCUT2D eigenvalue weighted by Gasteiger charge is -2.15. The molecule has 0 saturated heterocycles. The molecule has 2 heteroatoms. The standard InChI is InChI=1S/C16H14F2.C2H6/c1-10-11-4-2-6-15(17)13(11)8-9-14-12(10)5-3-7-16(14)18;1-2/h2-7,10H,8-9H2,1H3;1-2H3. The van der Waals surface area contributed by atoms with E-state index in [0.717, 1.165) is 22.3 Å². The molecular formula is C18H20F2. The highest BCUT2D eigenvalue weighted by atomic mass is 19.1. The quantitative estimate of drug-likeness (QED) is 0.616. The maximum Gasteiger partial charge on any atom is 0.126 e. The van der Waals surface area contributed by atoms with Crippen LogP contribution in [0.15, 0.2) is 36.4 Å². The van der Waals surface area contributed by atoms with E-state index in [4.69, 9.17) is 0 Å². The maximum absolute atomic E-state index is 13.9. The molecule has 1 aliphatic rings. The van der Waals surface area contributed by atoms with Crippen LogP contribution in [0.25, 0.3) is 0 Å². The minimum absolute atomic E-state index is 0.0453. The molecule has 0 aromatic heterocycles. The highest BCUT2D eigenvalue weighted by Gasteiger charge is 2.23. The smallest absolute Gasteiger partial charge is 0.126 e. The van der Waals surface area contributed by atoms with Crippen LogP contribution in [0.5, 0.6) is 0 Å².